The molecule has 1 N–H and O–H groups in total. The first-order valence-electron chi connectivity index (χ1n) is 3.68. The van der Waals surface area contributed by atoms with Crippen molar-refractivity contribution >= 4 is 9.04 Å². The maximum absolute atomic E-state index is 8.97. The molecule has 0 saturated carbocycles. The predicted molar refractivity (Wildman–Crippen MR) is 45.4 cm³/mol. The molecule has 0 aromatic rings. The van der Waals surface area contributed by atoms with Gasteiger partial charge >= 0.3 is 0 Å². The molecule has 0 bridgehead atoms. The first kappa shape index (κ1) is 9.72. The average Bonchev–Trinajstić information content (AvgIpc) is 1.87. The van der Waals surface area contributed by atoms with Crippen molar-refractivity contribution in [2.75, 3.05) is 6.61 Å². The molecule has 10 heavy (non-hydrogen) atoms. The van der Waals surface area contributed by atoms with E-state index in [9.17, 15) is 0 Å². The van der Waals surface area contributed by atoms with Crippen LogP contribution in [0.15, 0.2) is 12.3 Å². The SMILES string of the molecule is CC=COCCC[SiH](C)O. The lowest BCUT2D eigenvalue weighted by Gasteiger charge is -2.00. The van der Waals surface area contributed by atoms with Gasteiger partial charge in [-0.05, 0) is 25.9 Å². The van der Waals surface area contributed by atoms with Crippen LogP contribution in [0.1, 0.15) is 13.3 Å². The molecule has 0 aromatic heterocycles. The lowest BCUT2D eigenvalue weighted by Crippen LogP contribution is -2.05. The van der Waals surface area contributed by atoms with Crippen molar-refractivity contribution in [3.05, 3.63) is 12.3 Å². The fraction of sp³-hybridized carbons (Fsp3) is 0.714. The maximum atomic E-state index is 8.97. The van der Waals surface area contributed by atoms with Crippen LogP contribution < -0.4 is 0 Å². The quantitative estimate of drug-likeness (QED) is 0.373. The summed E-state index contributed by atoms with van der Waals surface area (Å²) in [5.74, 6) is 0. The zero-order valence-electron chi connectivity index (χ0n) is 6.71. The third kappa shape index (κ3) is 7.72. The highest BCUT2D eigenvalue weighted by atomic mass is 28.3. The van der Waals surface area contributed by atoms with Gasteiger partial charge in [-0.15, -0.1) is 0 Å². The number of rotatable bonds is 5. The van der Waals surface area contributed by atoms with Crippen molar-refractivity contribution in [1.29, 1.82) is 0 Å². The van der Waals surface area contributed by atoms with E-state index >= 15 is 0 Å². The van der Waals surface area contributed by atoms with Crippen LogP contribution in [-0.4, -0.2) is 20.4 Å². The van der Waals surface area contributed by atoms with E-state index in [4.69, 9.17) is 9.53 Å². The van der Waals surface area contributed by atoms with Gasteiger partial charge in [0.25, 0.3) is 0 Å². The van der Waals surface area contributed by atoms with Crippen LogP contribution in [0.4, 0.5) is 0 Å². The largest absolute Gasteiger partial charge is 0.502 e. The number of ether oxygens (including phenoxy) is 1. The summed E-state index contributed by atoms with van der Waals surface area (Å²) in [5, 5.41) is 0. The molecule has 0 aliphatic rings. The van der Waals surface area contributed by atoms with Crippen molar-refractivity contribution in [2.45, 2.75) is 25.9 Å². The van der Waals surface area contributed by atoms with Gasteiger partial charge in [0, 0.05) is 0 Å². The molecule has 3 heteroatoms. The Balaban J connectivity index is 2.91. The predicted octanol–water partition coefficient (Wildman–Crippen LogP) is 1.27. The fourth-order valence-electron chi connectivity index (χ4n) is 0.626. The van der Waals surface area contributed by atoms with Crippen molar-refractivity contribution in [3.63, 3.8) is 0 Å². The van der Waals surface area contributed by atoms with Gasteiger partial charge in [-0.2, -0.15) is 0 Å². The lowest BCUT2D eigenvalue weighted by molar-refractivity contribution is 0.248. The van der Waals surface area contributed by atoms with Gasteiger partial charge in [-0.25, -0.2) is 0 Å². The van der Waals surface area contributed by atoms with Gasteiger partial charge in [0.2, 0.25) is 0 Å². The number of allylic oxidation sites excluding steroid dienone is 1. The van der Waals surface area contributed by atoms with Crippen molar-refractivity contribution in [2.24, 2.45) is 0 Å². The van der Waals surface area contributed by atoms with E-state index in [1.54, 1.807) is 6.26 Å². The summed E-state index contributed by atoms with van der Waals surface area (Å²) in [6.45, 7) is 4.58. The third-order valence-electron chi connectivity index (χ3n) is 1.12. The Morgan fingerprint density at radius 2 is 2.30 bits per heavy atom. The summed E-state index contributed by atoms with van der Waals surface area (Å²) in [6, 6.07) is 0.956. The third-order valence-corrected chi connectivity index (χ3v) is 2.36. The van der Waals surface area contributed by atoms with Crippen molar-refractivity contribution in [3.8, 4) is 0 Å². The summed E-state index contributed by atoms with van der Waals surface area (Å²) in [4.78, 5) is 8.97. The van der Waals surface area contributed by atoms with Crippen LogP contribution in [0.2, 0.25) is 12.6 Å². The summed E-state index contributed by atoms with van der Waals surface area (Å²) in [6.07, 6.45) is 4.53. The van der Waals surface area contributed by atoms with Gasteiger partial charge in [0.1, 0.15) is 0 Å². The number of hydrogen-bond acceptors (Lipinski definition) is 2. The Labute approximate surface area is 64.2 Å². The first-order chi connectivity index (χ1) is 4.77. The standard InChI is InChI=1S/C7H16O2Si/c1-3-5-9-6-4-7-10(2)8/h3,5,8,10H,4,6-7H2,1-2H3. The normalized spacial score (nSPS) is 13.9. The van der Waals surface area contributed by atoms with E-state index < -0.39 is 9.04 Å². The molecule has 0 saturated heterocycles. The van der Waals surface area contributed by atoms with Crippen LogP contribution in [0.3, 0.4) is 0 Å². The molecule has 0 aromatic carbocycles. The van der Waals surface area contributed by atoms with E-state index in [1.807, 2.05) is 19.5 Å². The van der Waals surface area contributed by atoms with E-state index in [-0.39, 0.29) is 0 Å². The Morgan fingerprint density at radius 3 is 2.80 bits per heavy atom. The molecule has 1 unspecified atom stereocenters. The van der Waals surface area contributed by atoms with Crippen LogP contribution in [0.5, 0.6) is 0 Å². The summed E-state index contributed by atoms with van der Waals surface area (Å²) in [7, 11) is -1.33. The van der Waals surface area contributed by atoms with Gasteiger partial charge in [0.05, 0.1) is 12.9 Å². The molecule has 2 nitrogen and oxygen atoms in total. The summed E-state index contributed by atoms with van der Waals surface area (Å²) >= 11 is 0. The molecule has 1 atom stereocenters. The second-order valence-electron chi connectivity index (χ2n) is 2.33. The zero-order valence-corrected chi connectivity index (χ0v) is 7.86. The van der Waals surface area contributed by atoms with Crippen LogP contribution in [-0.2, 0) is 4.74 Å². The monoisotopic (exact) mass is 160 g/mol. The molecule has 0 spiro atoms. The van der Waals surface area contributed by atoms with Gasteiger partial charge in [0.15, 0.2) is 9.04 Å². The second kappa shape index (κ2) is 6.83. The minimum atomic E-state index is -1.33. The van der Waals surface area contributed by atoms with Gasteiger partial charge < -0.3 is 9.53 Å². The molecule has 0 aliphatic heterocycles. The van der Waals surface area contributed by atoms with Gasteiger partial charge in [-0.3, -0.25) is 0 Å². The Hall–Kier alpha value is -0.283. The topological polar surface area (TPSA) is 29.5 Å². The van der Waals surface area contributed by atoms with Crippen LogP contribution in [0, 0.1) is 0 Å². The molecule has 0 radical (unpaired) electrons. The first-order valence-corrected chi connectivity index (χ1v) is 6.17. The summed E-state index contributed by atoms with van der Waals surface area (Å²) in [5.41, 5.74) is 0. The zero-order chi connectivity index (χ0) is 7.82. The molecule has 0 rings (SSSR count). The van der Waals surface area contributed by atoms with E-state index in [0.29, 0.717) is 0 Å². The number of hydrogen-bond donors (Lipinski definition) is 1. The van der Waals surface area contributed by atoms with Crippen LogP contribution >= 0.6 is 0 Å². The highest BCUT2D eigenvalue weighted by molar-refractivity contribution is 6.48. The molecular weight excluding hydrogens is 144 g/mol. The average molecular weight is 160 g/mol. The van der Waals surface area contributed by atoms with E-state index in [1.165, 1.54) is 0 Å². The molecule has 0 amide bonds. The minimum Gasteiger partial charge on any atom is -0.502 e. The van der Waals surface area contributed by atoms with Crippen molar-refractivity contribution < 1.29 is 9.53 Å². The van der Waals surface area contributed by atoms with E-state index in [0.717, 1.165) is 19.1 Å². The molecule has 0 aliphatic carbocycles. The van der Waals surface area contributed by atoms with Gasteiger partial charge in [-0.1, -0.05) is 6.08 Å². The summed E-state index contributed by atoms with van der Waals surface area (Å²) < 4.78 is 5.06. The Kier molecular flexibility index (Phi) is 6.64. The highest BCUT2D eigenvalue weighted by Gasteiger charge is 1.96. The van der Waals surface area contributed by atoms with Crippen molar-refractivity contribution in [1.82, 2.24) is 0 Å². The Morgan fingerprint density at radius 1 is 1.60 bits per heavy atom. The molecule has 60 valence electrons. The Bertz CT molecular complexity index is 91.6. The van der Waals surface area contributed by atoms with E-state index in [2.05, 4.69) is 0 Å². The fourth-order valence-corrected chi connectivity index (χ4v) is 1.38. The van der Waals surface area contributed by atoms with Crippen LogP contribution in [0.25, 0.3) is 0 Å². The smallest absolute Gasteiger partial charge is 0.169 e. The highest BCUT2D eigenvalue weighted by Crippen LogP contribution is 1.94. The second-order valence-corrected chi connectivity index (χ2v) is 4.61. The minimum absolute atomic E-state index is 0.738. The maximum Gasteiger partial charge on any atom is 0.169 e. The molecule has 0 fully saturated rings. The molecular formula is C7H16O2Si. The molecule has 0 heterocycles. The lowest BCUT2D eigenvalue weighted by atomic mass is 10.5.